The molecule has 0 bridgehead atoms. The molecule has 1 fully saturated rings. The van der Waals surface area contributed by atoms with Crippen LogP contribution in [0.3, 0.4) is 0 Å². The van der Waals surface area contributed by atoms with Crippen molar-refractivity contribution in [3.63, 3.8) is 0 Å². The second-order valence-electron chi connectivity index (χ2n) is 5.27. The third-order valence-electron chi connectivity index (χ3n) is 3.61. The highest BCUT2D eigenvalue weighted by molar-refractivity contribution is 8.00. The Bertz CT molecular complexity index is 565. The van der Waals surface area contributed by atoms with E-state index in [1.807, 2.05) is 12.1 Å². The molecule has 1 aliphatic rings. The molecule has 2 aromatic rings. The lowest BCUT2D eigenvalue weighted by Crippen LogP contribution is -2.21. The molecule has 0 unspecified atom stereocenters. The molecule has 112 valence electrons. The van der Waals surface area contributed by atoms with E-state index in [0.29, 0.717) is 6.04 Å². The van der Waals surface area contributed by atoms with Crippen LogP contribution in [0.5, 0.6) is 0 Å². The maximum atomic E-state index is 12.8. The van der Waals surface area contributed by atoms with E-state index in [9.17, 15) is 4.39 Å². The molecule has 21 heavy (non-hydrogen) atoms. The zero-order chi connectivity index (χ0) is 14.5. The average Bonchev–Trinajstić information content (AvgIpc) is 2.95. The van der Waals surface area contributed by atoms with Crippen LogP contribution in [0.1, 0.15) is 37.7 Å². The molecule has 1 saturated carbocycles. The van der Waals surface area contributed by atoms with E-state index in [1.165, 1.54) is 44.2 Å². The summed E-state index contributed by atoms with van der Waals surface area (Å²) in [6.07, 6.45) is 6.44. The third kappa shape index (κ3) is 4.41. The number of benzene rings is 1. The number of nitrogens with zero attached hydrogens (tertiary/aromatic N) is 2. The van der Waals surface area contributed by atoms with Gasteiger partial charge in [0.25, 0.3) is 0 Å². The minimum atomic E-state index is -0.196. The summed E-state index contributed by atoms with van der Waals surface area (Å²) < 4.78 is 13.8. The van der Waals surface area contributed by atoms with Crippen LogP contribution in [0.15, 0.2) is 28.6 Å². The summed E-state index contributed by atoms with van der Waals surface area (Å²) in [5.41, 5.74) is 1.10. The van der Waals surface area contributed by atoms with E-state index >= 15 is 0 Å². The highest BCUT2D eigenvalue weighted by atomic mass is 32.2. The van der Waals surface area contributed by atoms with Gasteiger partial charge in [-0.05, 0) is 30.5 Å². The molecule has 0 spiro atoms. The first-order chi connectivity index (χ1) is 10.3. The molecular weight excluding hydrogens is 305 g/mol. The summed E-state index contributed by atoms with van der Waals surface area (Å²) in [6.45, 7) is 0. The Labute approximate surface area is 132 Å². The van der Waals surface area contributed by atoms with Crippen molar-refractivity contribution >= 4 is 28.2 Å². The number of hydrogen-bond acceptors (Lipinski definition) is 5. The first-order valence-corrected chi connectivity index (χ1v) is 9.07. The zero-order valence-corrected chi connectivity index (χ0v) is 13.4. The van der Waals surface area contributed by atoms with Gasteiger partial charge in [-0.3, -0.25) is 0 Å². The normalized spacial score (nSPS) is 16.0. The summed E-state index contributed by atoms with van der Waals surface area (Å²) in [7, 11) is 0. The summed E-state index contributed by atoms with van der Waals surface area (Å²) >= 11 is 3.25. The number of aromatic nitrogens is 2. The molecule has 0 radical (unpaired) electrons. The molecule has 0 aliphatic heterocycles. The topological polar surface area (TPSA) is 37.8 Å². The van der Waals surface area contributed by atoms with Crippen molar-refractivity contribution in [3.05, 3.63) is 35.6 Å². The van der Waals surface area contributed by atoms with Gasteiger partial charge in [-0.2, -0.15) is 0 Å². The van der Waals surface area contributed by atoms with Gasteiger partial charge in [0.1, 0.15) is 5.82 Å². The predicted octanol–water partition coefficient (Wildman–Crippen LogP) is 4.71. The smallest absolute Gasteiger partial charge is 0.206 e. The van der Waals surface area contributed by atoms with Crippen molar-refractivity contribution < 1.29 is 4.39 Å². The summed E-state index contributed by atoms with van der Waals surface area (Å²) in [4.78, 5) is 0. The quantitative estimate of drug-likeness (QED) is 0.808. The van der Waals surface area contributed by atoms with Gasteiger partial charge in [-0.25, -0.2) is 4.39 Å². The molecule has 1 heterocycles. The number of rotatable bonds is 5. The lowest BCUT2D eigenvalue weighted by molar-refractivity contribution is 0.462. The van der Waals surface area contributed by atoms with Gasteiger partial charge < -0.3 is 5.32 Å². The molecule has 0 saturated heterocycles. The largest absolute Gasteiger partial charge is 0.357 e. The van der Waals surface area contributed by atoms with Gasteiger partial charge in [-0.15, -0.1) is 10.2 Å². The first kappa shape index (κ1) is 14.8. The maximum Gasteiger partial charge on any atom is 0.206 e. The Morgan fingerprint density at radius 1 is 1.14 bits per heavy atom. The fourth-order valence-electron chi connectivity index (χ4n) is 2.47. The van der Waals surface area contributed by atoms with Gasteiger partial charge in [0.05, 0.1) is 0 Å². The Morgan fingerprint density at radius 2 is 1.90 bits per heavy atom. The number of anilines is 1. The number of nitrogens with one attached hydrogen (secondary N) is 1. The Morgan fingerprint density at radius 3 is 2.67 bits per heavy atom. The van der Waals surface area contributed by atoms with Crippen LogP contribution in [0, 0.1) is 5.82 Å². The van der Waals surface area contributed by atoms with Gasteiger partial charge in [0.15, 0.2) is 4.34 Å². The lowest BCUT2D eigenvalue weighted by atomic mass is 9.96. The number of thioether (sulfide) groups is 1. The van der Waals surface area contributed by atoms with Crippen LogP contribution in [0.2, 0.25) is 0 Å². The van der Waals surface area contributed by atoms with Crippen molar-refractivity contribution in [2.24, 2.45) is 0 Å². The third-order valence-corrected chi connectivity index (χ3v) is 5.67. The first-order valence-electron chi connectivity index (χ1n) is 7.27. The van der Waals surface area contributed by atoms with Crippen LogP contribution in [0.4, 0.5) is 9.52 Å². The van der Waals surface area contributed by atoms with E-state index in [-0.39, 0.29) is 5.82 Å². The standard InChI is InChI=1S/C15H18FN3S2/c16-12-8-6-11(7-9-12)10-20-15-19-18-14(21-15)17-13-4-2-1-3-5-13/h6-9,13H,1-5,10H2,(H,17,18). The van der Waals surface area contributed by atoms with E-state index in [1.54, 1.807) is 23.1 Å². The molecule has 0 atom stereocenters. The molecule has 1 aromatic heterocycles. The summed E-state index contributed by atoms with van der Waals surface area (Å²) in [5.74, 6) is 0.594. The molecule has 3 rings (SSSR count). The average molecular weight is 323 g/mol. The summed E-state index contributed by atoms with van der Waals surface area (Å²) in [6, 6.07) is 7.16. The van der Waals surface area contributed by atoms with Gasteiger partial charge in [0.2, 0.25) is 5.13 Å². The predicted molar refractivity (Wildman–Crippen MR) is 86.4 cm³/mol. The van der Waals surface area contributed by atoms with E-state index in [0.717, 1.165) is 20.8 Å². The number of hydrogen-bond donors (Lipinski definition) is 1. The van der Waals surface area contributed by atoms with Gasteiger partial charge in [-0.1, -0.05) is 54.5 Å². The molecule has 1 aromatic carbocycles. The Hall–Kier alpha value is -1.14. The van der Waals surface area contributed by atoms with E-state index in [2.05, 4.69) is 15.5 Å². The highest BCUT2D eigenvalue weighted by Crippen LogP contribution is 2.30. The minimum absolute atomic E-state index is 0.196. The second kappa shape index (κ2) is 7.22. The van der Waals surface area contributed by atoms with Crippen molar-refractivity contribution in [2.45, 2.75) is 48.2 Å². The molecule has 1 N–H and O–H groups in total. The zero-order valence-electron chi connectivity index (χ0n) is 11.7. The highest BCUT2D eigenvalue weighted by Gasteiger charge is 2.15. The number of halogens is 1. The van der Waals surface area contributed by atoms with Crippen LogP contribution in [-0.4, -0.2) is 16.2 Å². The SMILES string of the molecule is Fc1ccc(CSc2nnc(NC3CCCCC3)s2)cc1. The van der Waals surface area contributed by atoms with Crippen molar-refractivity contribution in [1.29, 1.82) is 0 Å². The molecule has 3 nitrogen and oxygen atoms in total. The summed E-state index contributed by atoms with van der Waals surface area (Å²) in [5, 5.41) is 12.8. The van der Waals surface area contributed by atoms with Crippen molar-refractivity contribution in [3.8, 4) is 0 Å². The Balaban J connectivity index is 1.51. The van der Waals surface area contributed by atoms with Crippen molar-refractivity contribution in [1.82, 2.24) is 10.2 Å². The van der Waals surface area contributed by atoms with Crippen LogP contribution in [-0.2, 0) is 5.75 Å². The van der Waals surface area contributed by atoms with Gasteiger partial charge in [0, 0.05) is 11.8 Å². The molecule has 6 heteroatoms. The maximum absolute atomic E-state index is 12.8. The van der Waals surface area contributed by atoms with Crippen LogP contribution < -0.4 is 5.32 Å². The fraction of sp³-hybridized carbons (Fsp3) is 0.467. The van der Waals surface area contributed by atoms with Crippen molar-refractivity contribution in [2.75, 3.05) is 5.32 Å². The van der Waals surface area contributed by atoms with E-state index in [4.69, 9.17) is 0 Å². The minimum Gasteiger partial charge on any atom is -0.357 e. The molecule has 0 amide bonds. The second-order valence-corrected chi connectivity index (χ2v) is 7.47. The fourth-order valence-corrected chi connectivity index (χ4v) is 4.26. The van der Waals surface area contributed by atoms with Gasteiger partial charge >= 0.3 is 0 Å². The van der Waals surface area contributed by atoms with E-state index < -0.39 is 0 Å². The van der Waals surface area contributed by atoms with Crippen LogP contribution >= 0.6 is 23.1 Å². The molecular formula is C15H18FN3S2. The monoisotopic (exact) mass is 323 g/mol. The lowest BCUT2D eigenvalue weighted by Gasteiger charge is -2.21. The van der Waals surface area contributed by atoms with Crippen LogP contribution in [0.25, 0.3) is 0 Å². The Kier molecular flexibility index (Phi) is 5.08. The molecule has 1 aliphatic carbocycles.